The van der Waals surface area contributed by atoms with Crippen molar-refractivity contribution in [1.82, 2.24) is 4.98 Å². The van der Waals surface area contributed by atoms with Crippen molar-refractivity contribution in [3.05, 3.63) is 39.9 Å². The number of carbonyl (C=O) groups is 1. The van der Waals surface area contributed by atoms with Gasteiger partial charge >= 0.3 is 0 Å². The Bertz CT molecular complexity index is 880. The van der Waals surface area contributed by atoms with Crippen LogP contribution in [0.4, 0.5) is 10.8 Å². The Morgan fingerprint density at radius 3 is 2.72 bits per heavy atom. The molecule has 6 nitrogen and oxygen atoms in total. The van der Waals surface area contributed by atoms with Gasteiger partial charge in [0.15, 0.2) is 5.13 Å². The zero-order valence-electron chi connectivity index (χ0n) is 14.3. The van der Waals surface area contributed by atoms with E-state index in [4.69, 9.17) is 0 Å². The van der Waals surface area contributed by atoms with Crippen LogP contribution in [-0.2, 0) is 22.9 Å². The highest BCUT2D eigenvalue weighted by molar-refractivity contribution is 7.92. The number of hydrogen-bond donors (Lipinski definition) is 2. The predicted molar refractivity (Wildman–Crippen MR) is 101 cm³/mol. The fraction of sp³-hybridized carbons (Fsp3) is 0.412. The molecule has 1 aromatic heterocycles. The van der Waals surface area contributed by atoms with E-state index in [1.165, 1.54) is 29.1 Å². The van der Waals surface area contributed by atoms with Crippen molar-refractivity contribution in [2.75, 3.05) is 16.3 Å². The molecule has 1 aliphatic rings. The average Bonchev–Trinajstić information content (AvgIpc) is 2.76. The first kappa shape index (κ1) is 17.9. The number of sulfonamides is 1. The highest BCUT2D eigenvalue weighted by Crippen LogP contribution is 2.29. The van der Waals surface area contributed by atoms with Crippen LogP contribution in [0.5, 0.6) is 0 Å². The summed E-state index contributed by atoms with van der Waals surface area (Å²) in [7, 11) is -3.40. The van der Waals surface area contributed by atoms with E-state index in [-0.39, 0.29) is 5.91 Å². The highest BCUT2D eigenvalue weighted by Gasteiger charge is 2.17. The van der Waals surface area contributed by atoms with Gasteiger partial charge in [-0.1, -0.05) is 12.5 Å². The topological polar surface area (TPSA) is 88.2 Å². The molecule has 0 aliphatic heterocycles. The fourth-order valence-corrected chi connectivity index (χ4v) is 4.49. The van der Waals surface area contributed by atoms with E-state index in [2.05, 4.69) is 15.0 Å². The molecule has 0 unspecified atom stereocenters. The lowest BCUT2D eigenvalue weighted by molar-refractivity contribution is 0.102. The van der Waals surface area contributed by atoms with Crippen molar-refractivity contribution in [2.24, 2.45) is 0 Å². The number of thiazole rings is 1. The highest BCUT2D eigenvalue weighted by atomic mass is 32.2. The minimum Gasteiger partial charge on any atom is -0.298 e. The van der Waals surface area contributed by atoms with E-state index in [1.807, 2.05) is 0 Å². The van der Waals surface area contributed by atoms with Crippen molar-refractivity contribution in [2.45, 2.75) is 39.0 Å². The molecule has 2 aromatic rings. The zero-order chi connectivity index (χ0) is 18.0. The molecule has 0 saturated heterocycles. The van der Waals surface area contributed by atoms with Crippen LogP contribution >= 0.6 is 11.3 Å². The largest absolute Gasteiger partial charge is 0.298 e. The van der Waals surface area contributed by atoms with Crippen molar-refractivity contribution >= 4 is 38.1 Å². The maximum atomic E-state index is 12.5. The van der Waals surface area contributed by atoms with E-state index >= 15 is 0 Å². The van der Waals surface area contributed by atoms with Crippen LogP contribution in [-0.4, -0.2) is 25.6 Å². The Morgan fingerprint density at radius 1 is 1.20 bits per heavy atom. The molecular weight excluding hydrogens is 358 g/mol. The molecule has 0 bridgehead atoms. The number of rotatable bonds is 4. The molecule has 1 heterocycles. The predicted octanol–water partition coefficient (Wildman–Crippen LogP) is 3.34. The molecule has 0 atom stereocenters. The minimum atomic E-state index is -3.40. The second-order valence-electron chi connectivity index (χ2n) is 6.31. The van der Waals surface area contributed by atoms with E-state index in [1.54, 1.807) is 25.1 Å². The number of nitrogens with zero attached hydrogens (tertiary/aromatic N) is 1. The number of benzene rings is 1. The number of aromatic nitrogens is 1. The number of anilines is 2. The number of amides is 1. The fourth-order valence-electron chi connectivity index (χ4n) is 2.82. The van der Waals surface area contributed by atoms with Gasteiger partial charge in [0.2, 0.25) is 10.0 Å². The molecule has 2 N–H and O–H groups in total. The molecule has 8 heteroatoms. The van der Waals surface area contributed by atoms with Crippen LogP contribution in [0.2, 0.25) is 0 Å². The molecule has 0 saturated carbocycles. The Hall–Kier alpha value is -1.93. The van der Waals surface area contributed by atoms with E-state index in [0.29, 0.717) is 16.4 Å². The zero-order valence-corrected chi connectivity index (χ0v) is 15.9. The van der Waals surface area contributed by atoms with Crippen LogP contribution in [0.3, 0.4) is 0 Å². The third kappa shape index (κ3) is 4.58. The lowest BCUT2D eigenvalue weighted by Gasteiger charge is -2.09. The van der Waals surface area contributed by atoms with Gasteiger partial charge in [-0.2, -0.15) is 0 Å². The summed E-state index contributed by atoms with van der Waals surface area (Å²) in [5.74, 6) is -0.291. The van der Waals surface area contributed by atoms with Crippen LogP contribution in [0, 0.1) is 6.92 Å². The summed E-state index contributed by atoms with van der Waals surface area (Å²) in [4.78, 5) is 18.3. The van der Waals surface area contributed by atoms with Crippen molar-refractivity contribution in [1.29, 1.82) is 0 Å². The van der Waals surface area contributed by atoms with Crippen LogP contribution < -0.4 is 10.0 Å². The molecule has 0 spiro atoms. The Kier molecular flexibility index (Phi) is 5.10. The maximum Gasteiger partial charge on any atom is 0.257 e. The Balaban J connectivity index is 1.78. The summed E-state index contributed by atoms with van der Waals surface area (Å²) in [5, 5.41) is 3.44. The number of hydrogen-bond acceptors (Lipinski definition) is 5. The van der Waals surface area contributed by atoms with Crippen molar-refractivity contribution in [3.63, 3.8) is 0 Å². The first-order valence-corrected chi connectivity index (χ1v) is 10.9. The molecular formula is C17H21N3O3S2. The number of nitrogens with one attached hydrogen (secondary N) is 2. The molecule has 25 heavy (non-hydrogen) atoms. The van der Waals surface area contributed by atoms with Crippen LogP contribution in [0.25, 0.3) is 0 Å². The van der Waals surface area contributed by atoms with Gasteiger partial charge in [0.05, 0.1) is 17.6 Å². The van der Waals surface area contributed by atoms with Gasteiger partial charge in [0.25, 0.3) is 5.91 Å². The van der Waals surface area contributed by atoms with Gasteiger partial charge in [0, 0.05) is 10.4 Å². The van der Waals surface area contributed by atoms with Crippen LogP contribution in [0.1, 0.15) is 45.8 Å². The Labute approximate surface area is 151 Å². The first-order chi connectivity index (χ1) is 11.8. The Morgan fingerprint density at radius 2 is 1.96 bits per heavy atom. The van der Waals surface area contributed by atoms with Gasteiger partial charge in [-0.15, -0.1) is 11.3 Å². The monoisotopic (exact) mass is 379 g/mol. The smallest absolute Gasteiger partial charge is 0.257 e. The van der Waals surface area contributed by atoms with Gasteiger partial charge in [0.1, 0.15) is 0 Å². The average molecular weight is 380 g/mol. The molecule has 3 rings (SSSR count). The molecule has 1 aliphatic carbocycles. The lowest BCUT2D eigenvalue weighted by atomic mass is 10.1. The first-order valence-electron chi connectivity index (χ1n) is 8.20. The van der Waals surface area contributed by atoms with E-state index in [0.717, 1.165) is 36.8 Å². The summed E-state index contributed by atoms with van der Waals surface area (Å²) in [6, 6.07) is 4.94. The quantitative estimate of drug-likeness (QED) is 0.798. The number of carbonyl (C=O) groups excluding carboxylic acids is 1. The second kappa shape index (κ2) is 7.13. The van der Waals surface area contributed by atoms with Gasteiger partial charge in [-0.25, -0.2) is 13.4 Å². The molecule has 1 amide bonds. The molecule has 1 aromatic carbocycles. The summed E-state index contributed by atoms with van der Waals surface area (Å²) < 4.78 is 25.3. The van der Waals surface area contributed by atoms with Crippen LogP contribution in [0.15, 0.2) is 18.2 Å². The van der Waals surface area contributed by atoms with Crippen molar-refractivity contribution < 1.29 is 13.2 Å². The molecule has 0 fully saturated rings. The third-order valence-electron chi connectivity index (χ3n) is 4.11. The van der Waals surface area contributed by atoms with Gasteiger partial charge in [-0.3, -0.25) is 14.8 Å². The normalized spacial score (nSPS) is 14.5. The summed E-state index contributed by atoms with van der Waals surface area (Å²) in [6.07, 6.45) is 6.61. The molecule has 0 radical (unpaired) electrons. The van der Waals surface area contributed by atoms with E-state index in [9.17, 15) is 13.2 Å². The third-order valence-corrected chi connectivity index (χ3v) is 5.77. The summed E-state index contributed by atoms with van der Waals surface area (Å²) in [5.41, 5.74) is 2.65. The minimum absolute atomic E-state index is 0.291. The SMILES string of the molecule is Cc1ccc(C(=O)Nc2nc3c(s2)CCCCC3)cc1NS(C)(=O)=O. The number of aryl methyl sites for hydroxylation is 3. The standard InChI is InChI=1S/C17H21N3O3S2/c1-11-8-9-12(10-14(11)20-25(2,22)23)16(21)19-17-18-13-6-4-3-5-7-15(13)24-17/h8-10,20H,3-7H2,1-2H3,(H,18,19,21). The maximum absolute atomic E-state index is 12.5. The summed E-state index contributed by atoms with van der Waals surface area (Å²) >= 11 is 1.53. The molecule has 134 valence electrons. The lowest BCUT2D eigenvalue weighted by Crippen LogP contribution is -2.14. The van der Waals surface area contributed by atoms with E-state index < -0.39 is 10.0 Å². The van der Waals surface area contributed by atoms with Crippen molar-refractivity contribution in [3.8, 4) is 0 Å². The van der Waals surface area contributed by atoms with Gasteiger partial charge < -0.3 is 0 Å². The second-order valence-corrected chi connectivity index (χ2v) is 9.14. The van der Waals surface area contributed by atoms with Gasteiger partial charge in [-0.05, 0) is 50.3 Å². The number of fused-ring (bicyclic) bond motifs is 1. The summed E-state index contributed by atoms with van der Waals surface area (Å²) in [6.45, 7) is 1.78.